The van der Waals surface area contributed by atoms with Gasteiger partial charge in [0.2, 0.25) is 0 Å². The lowest BCUT2D eigenvalue weighted by Gasteiger charge is -2.24. The van der Waals surface area contributed by atoms with E-state index in [1.165, 1.54) is 42.7 Å². The summed E-state index contributed by atoms with van der Waals surface area (Å²) in [5.74, 6) is 0. The zero-order chi connectivity index (χ0) is 11.5. The van der Waals surface area contributed by atoms with Gasteiger partial charge < -0.3 is 10.2 Å². The second-order valence-corrected chi connectivity index (χ2v) is 4.60. The number of rotatable bonds is 4. The summed E-state index contributed by atoms with van der Waals surface area (Å²) >= 11 is 0. The molecule has 2 heteroatoms. The molecule has 1 unspecified atom stereocenters. The third-order valence-electron chi connectivity index (χ3n) is 3.51. The summed E-state index contributed by atoms with van der Waals surface area (Å²) in [6, 6.07) is 7.16. The first-order chi connectivity index (χ1) is 7.77. The Morgan fingerprint density at radius 1 is 1.44 bits per heavy atom. The second-order valence-electron chi connectivity index (χ2n) is 4.60. The summed E-state index contributed by atoms with van der Waals surface area (Å²) in [7, 11) is 2.03. The second kappa shape index (κ2) is 4.88. The molecule has 1 aliphatic heterocycles. The average molecular weight is 218 g/mol. The lowest BCUT2D eigenvalue weighted by atomic mass is 10.0. The van der Waals surface area contributed by atoms with Crippen molar-refractivity contribution in [2.24, 2.45) is 0 Å². The molecule has 1 N–H and O–H groups in total. The van der Waals surface area contributed by atoms with Gasteiger partial charge in [-0.25, -0.2) is 0 Å². The van der Waals surface area contributed by atoms with Gasteiger partial charge in [-0.3, -0.25) is 0 Å². The van der Waals surface area contributed by atoms with Crippen molar-refractivity contribution in [3.63, 3.8) is 0 Å². The van der Waals surface area contributed by atoms with E-state index in [0.717, 1.165) is 0 Å². The number of nitrogens with zero attached hydrogens (tertiary/aromatic N) is 1. The Hall–Kier alpha value is -1.02. The number of nitrogens with one attached hydrogen (secondary N) is 1. The molecule has 1 aliphatic rings. The van der Waals surface area contributed by atoms with E-state index in [1.54, 1.807) is 0 Å². The Bertz CT molecular complexity index is 358. The summed E-state index contributed by atoms with van der Waals surface area (Å²) in [5.41, 5.74) is 4.46. The lowest BCUT2D eigenvalue weighted by molar-refractivity contribution is 0.649. The smallest absolute Gasteiger partial charge is 0.0447 e. The topological polar surface area (TPSA) is 15.3 Å². The first-order valence-electron chi connectivity index (χ1n) is 6.32. The lowest BCUT2D eigenvalue weighted by Crippen LogP contribution is -2.24. The van der Waals surface area contributed by atoms with E-state index in [-0.39, 0.29) is 0 Å². The fourth-order valence-corrected chi connectivity index (χ4v) is 2.56. The molecule has 0 saturated heterocycles. The standard InChI is InChI=1S/C14H22N2/c1-4-9-16-10-8-12-6-5-7-13(14(12)16)11(2)15-3/h5-7,11,15H,4,8-10H2,1-3H3. The molecule has 0 amide bonds. The van der Waals surface area contributed by atoms with Crippen LogP contribution in [0.1, 0.15) is 37.4 Å². The van der Waals surface area contributed by atoms with Crippen LogP contribution in [0.5, 0.6) is 0 Å². The summed E-state index contributed by atoms with van der Waals surface area (Å²) in [6.45, 7) is 6.86. The summed E-state index contributed by atoms with van der Waals surface area (Å²) in [6.07, 6.45) is 2.43. The molecule has 1 aromatic carbocycles. The number of fused-ring (bicyclic) bond motifs is 1. The van der Waals surface area contributed by atoms with E-state index >= 15 is 0 Å². The van der Waals surface area contributed by atoms with Crippen LogP contribution in [0.2, 0.25) is 0 Å². The Morgan fingerprint density at radius 2 is 2.25 bits per heavy atom. The largest absolute Gasteiger partial charge is 0.371 e. The Morgan fingerprint density at radius 3 is 2.94 bits per heavy atom. The molecule has 0 radical (unpaired) electrons. The number of benzene rings is 1. The minimum Gasteiger partial charge on any atom is -0.371 e. The van der Waals surface area contributed by atoms with Gasteiger partial charge in [-0.05, 0) is 37.9 Å². The monoisotopic (exact) mass is 218 g/mol. The maximum atomic E-state index is 3.35. The van der Waals surface area contributed by atoms with Crippen LogP contribution in [-0.2, 0) is 6.42 Å². The van der Waals surface area contributed by atoms with Crippen LogP contribution in [-0.4, -0.2) is 20.1 Å². The van der Waals surface area contributed by atoms with Gasteiger partial charge >= 0.3 is 0 Å². The molecule has 1 atom stereocenters. The summed E-state index contributed by atoms with van der Waals surface area (Å²) < 4.78 is 0. The molecule has 0 aliphatic carbocycles. The molecule has 2 rings (SSSR count). The predicted molar refractivity (Wildman–Crippen MR) is 70.1 cm³/mol. The van der Waals surface area contributed by atoms with Gasteiger partial charge in [0.1, 0.15) is 0 Å². The maximum absolute atomic E-state index is 3.35. The Kier molecular flexibility index (Phi) is 3.49. The molecule has 0 fully saturated rings. The quantitative estimate of drug-likeness (QED) is 0.836. The van der Waals surface area contributed by atoms with Crippen LogP contribution in [0.25, 0.3) is 0 Å². The van der Waals surface area contributed by atoms with Crippen LogP contribution in [0.4, 0.5) is 5.69 Å². The van der Waals surface area contributed by atoms with Crippen molar-refractivity contribution in [3.05, 3.63) is 29.3 Å². The highest BCUT2D eigenvalue weighted by Gasteiger charge is 2.22. The van der Waals surface area contributed by atoms with Crippen LogP contribution in [0.3, 0.4) is 0 Å². The van der Waals surface area contributed by atoms with Gasteiger partial charge in [0.05, 0.1) is 0 Å². The molecular weight excluding hydrogens is 196 g/mol. The van der Waals surface area contributed by atoms with Gasteiger partial charge in [0.25, 0.3) is 0 Å². The van der Waals surface area contributed by atoms with Crippen LogP contribution < -0.4 is 10.2 Å². The first-order valence-corrected chi connectivity index (χ1v) is 6.32. The van der Waals surface area contributed by atoms with E-state index < -0.39 is 0 Å². The van der Waals surface area contributed by atoms with Crippen molar-refractivity contribution in [2.45, 2.75) is 32.7 Å². The highest BCUT2D eigenvalue weighted by atomic mass is 15.1. The number of anilines is 1. The van der Waals surface area contributed by atoms with Crippen molar-refractivity contribution in [2.75, 3.05) is 25.0 Å². The third-order valence-corrected chi connectivity index (χ3v) is 3.51. The molecular formula is C14H22N2. The zero-order valence-corrected chi connectivity index (χ0v) is 10.6. The molecule has 0 saturated carbocycles. The number of hydrogen-bond acceptors (Lipinski definition) is 2. The maximum Gasteiger partial charge on any atom is 0.0447 e. The van der Waals surface area contributed by atoms with Gasteiger partial charge in [-0.15, -0.1) is 0 Å². The fourth-order valence-electron chi connectivity index (χ4n) is 2.56. The molecule has 0 spiro atoms. The van der Waals surface area contributed by atoms with Crippen LogP contribution in [0.15, 0.2) is 18.2 Å². The Labute approximate surface area is 98.7 Å². The van der Waals surface area contributed by atoms with E-state index in [4.69, 9.17) is 0 Å². The molecule has 16 heavy (non-hydrogen) atoms. The number of hydrogen-bond donors (Lipinski definition) is 1. The van der Waals surface area contributed by atoms with Gasteiger partial charge in [0.15, 0.2) is 0 Å². The van der Waals surface area contributed by atoms with Crippen molar-refractivity contribution in [3.8, 4) is 0 Å². The summed E-state index contributed by atoms with van der Waals surface area (Å²) in [4.78, 5) is 2.54. The molecule has 0 aromatic heterocycles. The van der Waals surface area contributed by atoms with E-state index in [1.807, 2.05) is 7.05 Å². The predicted octanol–water partition coefficient (Wildman–Crippen LogP) is 2.74. The zero-order valence-electron chi connectivity index (χ0n) is 10.6. The minimum absolute atomic E-state index is 0.437. The highest BCUT2D eigenvalue weighted by Crippen LogP contribution is 2.34. The molecule has 1 aromatic rings. The van der Waals surface area contributed by atoms with E-state index in [2.05, 4.69) is 42.3 Å². The average Bonchev–Trinajstić information content (AvgIpc) is 2.72. The normalized spacial score (nSPS) is 16.3. The Balaban J connectivity index is 2.37. The van der Waals surface area contributed by atoms with Crippen molar-refractivity contribution < 1.29 is 0 Å². The SMILES string of the molecule is CCCN1CCc2cccc(C(C)NC)c21. The van der Waals surface area contributed by atoms with Gasteiger partial charge in [0, 0.05) is 24.8 Å². The molecule has 88 valence electrons. The van der Waals surface area contributed by atoms with Gasteiger partial charge in [-0.2, -0.15) is 0 Å². The molecule has 2 nitrogen and oxygen atoms in total. The van der Waals surface area contributed by atoms with E-state index in [0.29, 0.717) is 6.04 Å². The summed E-state index contributed by atoms with van der Waals surface area (Å²) in [5, 5.41) is 3.35. The first kappa shape index (κ1) is 11.5. The molecule has 1 heterocycles. The minimum atomic E-state index is 0.437. The third kappa shape index (κ3) is 1.94. The molecule has 0 bridgehead atoms. The van der Waals surface area contributed by atoms with E-state index in [9.17, 15) is 0 Å². The fraction of sp³-hybridized carbons (Fsp3) is 0.571. The number of para-hydroxylation sites is 1. The highest BCUT2D eigenvalue weighted by molar-refractivity contribution is 5.64. The van der Waals surface area contributed by atoms with Gasteiger partial charge in [-0.1, -0.05) is 25.1 Å². The van der Waals surface area contributed by atoms with Crippen molar-refractivity contribution in [1.82, 2.24) is 5.32 Å². The van der Waals surface area contributed by atoms with Crippen LogP contribution in [0, 0.1) is 0 Å². The van der Waals surface area contributed by atoms with Crippen molar-refractivity contribution >= 4 is 5.69 Å². The van der Waals surface area contributed by atoms with Crippen LogP contribution >= 0.6 is 0 Å². The van der Waals surface area contributed by atoms with Crippen molar-refractivity contribution in [1.29, 1.82) is 0 Å².